The van der Waals surface area contributed by atoms with Gasteiger partial charge in [0.2, 0.25) is 0 Å². The Morgan fingerprint density at radius 2 is 2.04 bits per heavy atom. The lowest BCUT2D eigenvalue weighted by atomic mass is 9.75. The SMILES string of the molecule is O=C(COc1ccc(Cl)cc1)N1C[C@H]2COc3ccccc3C[C@@]2(CO)C1. The van der Waals surface area contributed by atoms with E-state index in [1.54, 1.807) is 29.2 Å². The maximum atomic E-state index is 12.7. The largest absolute Gasteiger partial charge is 0.493 e. The van der Waals surface area contributed by atoms with E-state index in [1.165, 1.54) is 0 Å². The lowest BCUT2D eigenvalue weighted by molar-refractivity contribution is -0.132. The fraction of sp³-hybridized carbons (Fsp3) is 0.381. The summed E-state index contributed by atoms with van der Waals surface area (Å²) in [5.41, 5.74) is 0.712. The van der Waals surface area contributed by atoms with E-state index in [0.717, 1.165) is 11.3 Å². The van der Waals surface area contributed by atoms with Gasteiger partial charge in [0.15, 0.2) is 6.61 Å². The normalized spacial score (nSPS) is 23.8. The minimum atomic E-state index is -0.372. The van der Waals surface area contributed by atoms with Crippen LogP contribution in [-0.4, -0.2) is 48.8 Å². The summed E-state index contributed by atoms with van der Waals surface area (Å²) in [6.07, 6.45) is 0.701. The van der Waals surface area contributed by atoms with E-state index in [0.29, 0.717) is 36.9 Å². The van der Waals surface area contributed by atoms with Crippen molar-refractivity contribution < 1.29 is 19.4 Å². The Labute approximate surface area is 163 Å². The molecule has 1 amide bonds. The maximum Gasteiger partial charge on any atom is 0.260 e. The second-order valence-electron chi connectivity index (χ2n) is 7.33. The number of nitrogens with zero attached hydrogens (tertiary/aromatic N) is 1. The van der Waals surface area contributed by atoms with Gasteiger partial charge in [0.25, 0.3) is 5.91 Å². The molecule has 5 nitrogen and oxygen atoms in total. The summed E-state index contributed by atoms with van der Waals surface area (Å²) in [5.74, 6) is 1.49. The summed E-state index contributed by atoms with van der Waals surface area (Å²) in [6.45, 7) is 1.57. The molecule has 0 unspecified atom stereocenters. The van der Waals surface area contributed by atoms with Crippen LogP contribution in [0.1, 0.15) is 5.56 Å². The van der Waals surface area contributed by atoms with Crippen molar-refractivity contribution in [2.45, 2.75) is 6.42 Å². The van der Waals surface area contributed by atoms with Crippen LogP contribution < -0.4 is 9.47 Å². The first-order chi connectivity index (χ1) is 13.1. The molecule has 0 spiro atoms. The van der Waals surface area contributed by atoms with Gasteiger partial charge in [0.05, 0.1) is 13.2 Å². The Morgan fingerprint density at radius 1 is 1.26 bits per heavy atom. The highest BCUT2D eigenvalue weighted by atomic mass is 35.5. The second-order valence-corrected chi connectivity index (χ2v) is 7.77. The third kappa shape index (κ3) is 3.62. The van der Waals surface area contributed by atoms with Gasteiger partial charge in [0.1, 0.15) is 11.5 Å². The number of para-hydroxylation sites is 1. The number of carbonyl (C=O) groups excluding carboxylic acids is 1. The highest BCUT2D eigenvalue weighted by molar-refractivity contribution is 6.30. The molecule has 2 aliphatic rings. The first kappa shape index (κ1) is 18.1. The molecule has 2 heterocycles. The van der Waals surface area contributed by atoms with E-state index in [2.05, 4.69) is 0 Å². The summed E-state index contributed by atoms with van der Waals surface area (Å²) in [4.78, 5) is 14.5. The molecule has 1 saturated heterocycles. The second kappa shape index (κ2) is 7.41. The van der Waals surface area contributed by atoms with Gasteiger partial charge in [-0.15, -0.1) is 0 Å². The van der Waals surface area contributed by atoms with E-state index >= 15 is 0 Å². The average molecular weight is 388 g/mol. The van der Waals surface area contributed by atoms with Crippen LogP contribution in [0.5, 0.6) is 11.5 Å². The van der Waals surface area contributed by atoms with Crippen LogP contribution in [0.3, 0.4) is 0 Å². The summed E-state index contributed by atoms with van der Waals surface area (Å²) in [6, 6.07) is 14.9. The summed E-state index contributed by atoms with van der Waals surface area (Å²) in [5, 5.41) is 10.8. The summed E-state index contributed by atoms with van der Waals surface area (Å²) < 4.78 is 11.6. The molecule has 4 rings (SSSR count). The third-order valence-corrected chi connectivity index (χ3v) is 5.86. The molecule has 0 bridgehead atoms. The number of likely N-dealkylation sites (tertiary alicyclic amines) is 1. The first-order valence-electron chi connectivity index (χ1n) is 9.07. The van der Waals surface area contributed by atoms with E-state index in [1.807, 2.05) is 24.3 Å². The number of hydrogen-bond donors (Lipinski definition) is 1. The number of halogens is 1. The van der Waals surface area contributed by atoms with Crippen molar-refractivity contribution in [2.75, 3.05) is 32.9 Å². The topological polar surface area (TPSA) is 59.0 Å². The molecule has 2 atom stereocenters. The minimum absolute atomic E-state index is 0.0250. The zero-order chi connectivity index (χ0) is 18.9. The lowest BCUT2D eigenvalue weighted by Gasteiger charge is -2.30. The van der Waals surface area contributed by atoms with Gasteiger partial charge < -0.3 is 19.5 Å². The van der Waals surface area contributed by atoms with Gasteiger partial charge in [-0.05, 0) is 42.3 Å². The highest BCUT2D eigenvalue weighted by Crippen LogP contribution is 2.43. The van der Waals surface area contributed by atoms with Gasteiger partial charge in [-0.1, -0.05) is 29.8 Å². The monoisotopic (exact) mass is 387 g/mol. The van der Waals surface area contributed by atoms with Crippen LogP contribution >= 0.6 is 11.6 Å². The van der Waals surface area contributed by atoms with Crippen LogP contribution in [0.4, 0.5) is 0 Å². The molecule has 1 fully saturated rings. The molecular weight excluding hydrogens is 366 g/mol. The number of carbonyl (C=O) groups is 1. The van der Waals surface area contributed by atoms with Crippen LogP contribution in [0, 0.1) is 11.3 Å². The van der Waals surface area contributed by atoms with E-state index in [-0.39, 0.29) is 30.5 Å². The Balaban J connectivity index is 1.44. The number of aliphatic hydroxyl groups is 1. The standard InChI is InChI=1S/C21H22ClNO4/c22-17-5-7-18(8-6-17)26-12-20(25)23-10-16-11-27-19-4-2-1-3-15(19)9-21(16,13-23)14-24/h1-8,16,24H,9-14H2/t16-,21-/m0/s1. The molecular formula is C21H22ClNO4. The van der Waals surface area contributed by atoms with Crippen molar-refractivity contribution in [1.29, 1.82) is 0 Å². The first-order valence-corrected chi connectivity index (χ1v) is 9.45. The van der Waals surface area contributed by atoms with Crippen LogP contribution in [-0.2, 0) is 11.2 Å². The zero-order valence-electron chi connectivity index (χ0n) is 14.9. The van der Waals surface area contributed by atoms with Crippen LogP contribution in [0.25, 0.3) is 0 Å². The number of fused-ring (bicyclic) bond motifs is 2. The summed E-state index contributed by atoms with van der Waals surface area (Å²) in [7, 11) is 0. The Morgan fingerprint density at radius 3 is 2.81 bits per heavy atom. The van der Waals surface area contributed by atoms with Gasteiger partial charge in [0, 0.05) is 29.4 Å². The van der Waals surface area contributed by atoms with Gasteiger partial charge in [-0.3, -0.25) is 4.79 Å². The van der Waals surface area contributed by atoms with E-state index < -0.39 is 0 Å². The van der Waals surface area contributed by atoms with Gasteiger partial charge in [-0.2, -0.15) is 0 Å². The number of amides is 1. The van der Waals surface area contributed by atoms with Crippen molar-refractivity contribution in [2.24, 2.45) is 11.3 Å². The Kier molecular flexibility index (Phi) is 4.98. The molecule has 27 heavy (non-hydrogen) atoms. The molecule has 0 aliphatic carbocycles. The fourth-order valence-electron chi connectivity index (χ4n) is 4.02. The predicted octanol–water partition coefficient (Wildman–Crippen LogP) is 2.79. The van der Waals surface area contributed by atoms with Crippen molar-refractivity contribution in [3.63, 3.8) is 0 Å². The molecule has 2 aromatic rings. The molecule has 0 saturated carbocycles. The number of rotatable bonds is 4. The maximum absolute atomic E-state index is 12.7. The Hall–Kier alpha value is -2.24. The smallest absolute Gasteiger partial charge is 0.260 e. The van der Waals surface area contributed by atoms with E-state index in [4.69, 9.17) is 21.1 Å². The highest BCUT2D eigenvalue weighted by Gasteiger charge is 2.49. The lowest BCUT2D eigenvalue weighted by Crippen LogP contribution is -2.39. The van der Waals surface area contributed by atoms with Crippen molar-refractivity contribution in [3.8, 4) is 11.5 Å². The fourth-order valence-corrected chi connectivity index (χ4v) is 4.14. The predicted molar refractivity (Wildman–Crippen MR) is 102 cm³/mol. The zero-order valence-corrected chi connectivity index (χ0v) is 15.7. The molecule has 6 heteroatoms. The minimum Gasteiger partial charge on any atom is -0.493 e. The quantitative estimate of drug-likeness (QED) is 0.876. The number of hydrogen-bond acceptors (Lipinski definition) is 4. The molecule has 142 valence electrons. The molecule has 0 radical (unpaired) electrons. The molecule has 1 N–H and O–H groups in total. The molecule has 2 aliphatic heterocycles. The van der Waals surface area contributed by atoms with Gasteiger partial charge in [-0.25, -0.2) is 0 Å². The third-order valence-electron chi connectivity index (χ3n) is 5.61. The molecule has 2 aromatic carbocycles. The van der Waals surface area contributed by atoms with Crippen LogP contribution in [0.2, 0.25) is 5.02 Å². The van der Waals surface area contributed by atoms with Crippen LogP contribution in [0.15, 0.2) is 48.5 Å². The number of ether oxygens (including phenoxy) is 2. The Bertz CT molecular complexity index is 825. The van der Waals surface area contributed by atoms with Crippen molar-refractivity contribution >= 4 is 17.5 Å². The molecule has 0 aromatic heterocycles. The number of aliphatic hydroxyl groups excluding tert-OH is 1. The van der Waals surface area contributed by atoms with E-state index in [9.17, 15) is 9.90 Å². The average Bonchev–Trinajstić information content (AvgIpc) is 2.98. The van der Waals surface area contributed by atoms with Crippen molar-refractivity contribution in [1.82, 2.24) is 4.90 Å². The summed E-state index contributed by atoms with van der Waals surface area (Å²) >= 11 is 5.86. The van der Waals surface area contributed by atoms with Crippen molar-refractivity contribution in [3.05, 3.63) is 59.1 Å². The van der Waals surface area contributed by atoms with Gasteiger partial charge >= 0.3 is 0 Å². The number of benzene rings is 2.